The van der Waals surface area contributed by atoms with E-state index in [1.54, 1.807) is 27.1 Å². The normalized spacial score (nSPS) is 16.8. The van der Waals surface area contributed by atoms with Crippen molar-refractivity contribution >= 4 is 44.6 Å². The van der Waals surface area contributed by atoms with E-state index in [4.69, 9.17) is 16.3 Å². The van der Waals surface area contributed by atoms with Crippen LogP contribution in [0.4, 0.5) is 23.1 Å². The summed E-state index contributed by atoms with van der Waals surface area (Å²) >= 11 is 6.38. The number of nitrogens with one attached hydrogen (secondary N) is 2. The van der Waals surface area contributed by atoms with Gasteiger partial charge in [-0.05, 0) is 69.9 Å². The van der Waals surface area contributed by atoms with Gasteiger partial charge < -0.3 is 20.3 Å². The molecule has 2 aromatic heterocycles. The summed E-state index contributed by atoms with van der Waals surface area (Å²) in [5.74, 6) is 1.16. The molecule has 0 amide bonds. The first kappa shape index (κ1) is 25.9. The third-order valence-electron chi connectivity index (χ3n) is 7.05. The first-order valence-corrected chi connectivity index (χ1v) is 14.3. The lowest BCUT2D eigenvalue weighted by Crippen LogP contribution is -2.29. The largest absolute Gasteiger partial charge is 0.372 e. The van der Waals surface area contributed by atoms with Gasteiger partial charge in [-0.25, -0.2) is 13.4 Å². The summed E-state index contributed by atoms with van der Waals surface area (Å²) in [6.07, 6.45) is 5.37. The molecule has 0 saturated carbocycles. The van der Waals surface area contributed by atoms with Crippen molar-refractivity contribution in [2.75, 3.05) is 30.8 Å². The maximum Gasteiger partial charge on any atom is 0.229 e. The van der Waals surface area contributed by atoms with Gasteiger partial charge in [0, 0.05) is 24.5 Å². The Morgan fingerprint density at radius 1 is 1.08 bits per heavy atom. The minimum absolute atomic E-state index is 0.0475. The topological polar surface area (TPSA) is 114 Å². The molecule has 12 heteroatoms. The Labute approximate surface area is 222 Å². The summed E-state index contributed by atoms with van der Waals surface area (Å²) in [5.41, 5.74) is 4.95. The number of aryl methyl sites for hydroxylation is 1. The maximum atomic E-state index is 12.8. The number of fused-ring (bicyclic) bond motifs is 1. The standard InChI is InChI=1S/C25H32ClN7O3S/c1-15(2)37(34,35)24-22(12-33(4)31-24)28-23-20(26)11-27-25(30-23)29-21-6-5-17(18-13-36-14-19(18)21)16-7-9-32(3)10-8-16/h5-6,11-12,15-16H,7-10,13-14H2,1-4H3,(H2,27,28,29,30). The fourth-order valence-electron chi connectivity index (χ4n) is 4.87. The van der Waals surface area contributed by atoms with Crippen LogP contribution in [0.15, 0.2) is 29.6 Å². The van der Waals surface area contributed by atoms with Crippen LogP contribution in [0, 0.1) is 0 Å². The summed E-state index contributed by atoms with van der Waals surface area (Å²) in [6, 6.07) is 4.26. The summed E-state index contributed by atoms with van der Waals surface area (Å²) in [7, 11) is 0.220. The highest BCUT2D eigenvalue weighted by Gasteiger charge is 2.28. The zero-order valence-electron chi connectivity index (χ0n) is 21.5. The molecule has 1 saturated heterocycles. The van der Waals surface area contributed by atoms with Gasteiger partial charge in [-0.1, -0.05) is 17.7 Å². The number of rotatable bonds is 7. The van der Waals surface area contributed by atoms with E-state index < -0.39 is 15.1 Å². The molecule has 37 heavy (non-hydrogen) atoms. The number of benzene rings is 1. The van der Waals surface area contributed by atoms with Crippen LogP contribution in [0.5, 0.6) is 0 Å². The van der Waals surface area contributed by atoms with E-state index in [0.29, 0.717) is 30.8 Å². The first-order chi connectivity index (χ1) is 17.6. The van der Waals surface area contributed by atoms with Crippen molar-refractivity contribution in [2.24, 2.45) is 7.05 Å². The Morgan fingerprint density at radius 2 is 1.81 bits per heavy atom. The van der Waals surface area contributed by atoms with Gasteiger partial charge in [0.1, 0.15) is 5.02 Å². The molecule has 3 aromatic rings. The molecule has 0 unspecified atom stereocenters. The number of hydrogen-bond acceptors (Lipinski definition) is 9. The molecule has 2 aliphatic heterocycles. The second kappa shape index (κ2) is 10.2. The van der Waals surface area contributed by atoms with Crippen molar-refractivity contribution < 1.29 is 13.2 Å². The number of aromatic nitrogens is 4. The average molecular weight is 546 g/mol. The number of halogens is 1. The van der Waals surface area contributed by atoms with Crippen molar-refractivity contribution in [1.29, 1.82) is 0 Å². The Balaban J connectivity index is 1.41. The molecule has 0 spiro atoms. The molecule has 198 valence electrons. The lowest BCUT2D eigenvalue weighted by atomic mass is 9.85. The van der Waals surface area contributed by atoms with Gasteiger partial charge >= 0.3 is 0 Å². The van der Waals surface area contributed by atoms with E-state index in [2.05, 4.69) is 49.8 Å². The molecule has 4 heterocycles. The van der Waals surface area contributed by atoms with Crippen LogP contribution in [-0.2, 0) is 34.8 Å². The molecule has 1 aromatic carbocycles. The van der Waals surface area contributed by atoms with Crippen LogP contribution in [0.1, 0.15) is 49.3 Å². The molecule has 5 rings (SSSR count). The fraction of sp³-hybridized carbons (Fsp3) is 0.480. The van der Waals surface area contributed by atoms with Crippen molar-refractivity contribution in [3.63, 3.8) is 0 Å². The monoisotopic (exact) mass is 545 g/mol. The number of ether oxygens (including phenoxy) is 1. The van der Waals surface area contributed by atoms with Gasteiger partial charge in [-0.15, -0.1) is 0 Å². The number of sulfone groups is 1. The SMILES string of the molecule is CC(C)S(=O)(=O)c1nn(C)cc1Nc1nc(Nc2ccc(C3CCN(C)CC3)c3c2COC3)ncc1Cl. The molecule has 0 atom stereocenters. The zero-order valence-corrected chi connectivity index (χ0v) is 23.0. The van der Waals surface area contributed by atoms with Crippen molar-refractivity contribution in [3.05, 3.63) is 46.2 Å². The second-order valence-corrected chi connectivity index (χ2v) is 12.8. The van der Waals surface area contributed by atoms with Crippen molar-refractivity contribution in [2.45, 2.75) is 56.1 Å². The molecule has 1 fully saturated rings. The Hall–Kier alpha value is -2.73. The van der Waals surface area contributed by atoms with Gasteiger partial charge in [0.25, 0.3) is 0 Å². The number of likely N-dealkylation sites (tertiary alicyclic amines) is 1. The van der Waals surface area contributed by atoms with Gasteiger partial charge in [0.2, 0.25) is 20.8 Å². The van der Waals surface area contributed by atoms with Gasteiger partial charge in [0.15, 0.2) is 5.82 Å². The number of anilines is 4. The Bertz CT molecular complexity index is 1420. The van der Waals surface area contributed by atoms with E-state index >= 15 is 0 Å². The Kier molecular flexibility index (Phi) is 7.14. The van der Waals surface area contributed by atoms with E-state index in [0.717, 1.165) is 37.2 Å². The summed E-state index contributed by atoms with van der Waals surface area (Å²) < 4.78 is 32.9. The lowest BCUT2D eigenvalue weighted by molar-refractivity contribution is 0.134. The predicted molar refractivity (Wildman–Crippen MR) is 144 cm³/mol. The molecular formula is C25H32ClN7O3S. The zero-order chi connectivity index (χ0) is 26.3. The highest BCUT2D eigenvalue weighted by atomic mass is 35.5. The summed E-state index contributed by atoms with van der Waals surface area (Å²) in [6.45, 7) is 6.58. The molecule has 2 N–H and O–H groups in total. The second-order valence-electron chi connectivity index (χ2n) is 9.99. The quantitative estimate of drug-likeness (QED) is 0.446. The minimum Gasteiger partial charge on any atom is -0.372 e. The minimum atomic E-state index is -3.61. The average Bonchev–Trinajstić information content (AvgIpc) is 3.49. The fourth-order valence-corrected chi connectivity index (χ4v) is 6.11. The highest BCUT2D eigenvalue weighted by Crippen LogP contribution is 2.38. The smallest absolute Gasteiger partial charge is 0.229 e. The van der Waals surface area contributed by atoms with Crippen LogP contribution >= 0.6 is 11.6 Å². The van der Waals surface area contributed by atoms with E-state index in [-0.39, 0.29) is 15.9 Å². The summed E-state index contributed by atoms with van der Waals surface area (Å²) in [5, 5.41) is 10.1. The summed E-state index contributed by atoms with van der Waals surface area (Å²) in [4.78, 5) is 11.3. The van der Waals surface area contributed by atoms with Crippen LogP contribution in [0.2, 0.25) is 5.02 Å². The third kappa shape index (κ3) is 5.18. The number of nitrogens with zero attached hydrogens (tertiary/aromatic N) is 5. The van der Waals surface area contributed by atoms with Crippen molar-refractivity contribution in [3.8, 4) is 0 Å². The van der Waals surface area contributed by atoms with Crippen LogP contribution in [-0.4, -0.2) is 58.5 Å². The maximum absolute atomic E-state index is 12.8. The molecule has 0 aliphatic carbocycles. The number of hydrogen-bond donors (Lipinski definition) is 2. The van der Waals surface area contributed by atoms with Crippen LogP contribution in [0.3, 0.4) is 0 Å². The molecule has 10 nitrogen and oxygen atoms in total. The van der Waals surface area contributed by atoms with Crippen LogP contribution in [0.25, 0.3) is 0 Å². The van der Waals surface area contributed by atoms with Gasteiger partial charge in [-0.3, -0.25) is 4.68 Å². The molecule has 0 radical (unpaired) electrons. The van der Waals surface area contributed by atoms with Gasteiger partial charge in [0.05, 0.1) is 30.3 Å². The predicted octanol–water partition coefficient (Wildman–Crippen LogP) is 4.37. The van der Waals surface area contributed by atoms with Gasteiger partial charge in [-0.2, -0.15) is 10.1 Å². The molecule has 2 aliphatic rings. The lowest BCUT2D eigenvalue weighted by Gasteiger charge is -2.30. The highest BCUT2D eigenvalue weighted by molar-refractivity contribution is 7.92. The van der Waals surface area contributed by atoms with E-state index in [1.807, 2.05) is 0 Å². The Morgan fingerprint density at radius 3 is 2.54 bits per heavy atom. The van der Waals surface area contributed by atoms with Crippen LogP contribution < -0.4 is 10.6 Å². The van der Waals surface area contributed by atoms with E-state index in [9.17, 15) is 8.42 Å². The molecular weight excluding hydrogens is 514 g/mol. The van der Waals surface area contributed by atoms with Crippen molar-refractivity contribution in [1.82, 2.24) is 24.6 Å². The molecule has 0 bridgehead atoms. The first-order valence-electron chi connectivity index (χ1n) is 12.4. The van der Waals surface area contributed by atoms with E-state index in [1.165, 1.54) is 22.0 Å². The number of piperidine rings is 1. The third-order valence-corrected chi connectivity index (χ3v) is 9.41.